The molecule has 3 aromatic rings. The van der Waals surface area contributed by atoms with E-state index in [-0.39, 0.29) is 6.16 Å². The van der Waals surface area contributed by atoms with Crippen LogP contribution in [0, 0.1) is 6.92 Å². The lowest BCUT2D eigenvalue weighted by atomic mass is 10.1. The molecule has 1 aromatic carbocycles. The zero-order valence-corrected chi connectivity index (χ0v) is 11.5. The van der Waals surface area contributed by atoms with E-state index >= 15 is 0 Å². The summed E-state index contributed by atoms with van der Waals surface area (Å²) in [6.07, 6.45) is 0.0700. The Kier molecular flexibility index (Phi) is 2.89. The van der Waals surface area contributed by atoms with Crippen LogP contribution in [0.1, 0.15) is 11.1 Å². The number of H-pyrrole nitrogens is 1. The van der Waals surface area contributed by atoms with Gasteiger partial charge in [0.2, 0.25) is 7.44 Å². The summed E-state index contributed by atoms with van der Waals surface area (Å²) in [7, 11) is -3.19. The number of nitrogens with one attached hydrogen (secondary N) is 1. The summed E-state index contributed by atoms with van der Waals surface area (Å²) in [5, 5.41) is 13.5. The summed E-state index contributed by atoms with van der Waals surface area (Å²) in [6.45, 7) is 1.88. The lowest BCUT2D eigenvalue weighted by molar-refractivity contribution is 0.576. The topological polar surface area (TPSA) is 151 Å². The number of hydrogen-bond donors (Lipinski definition) is 3. The molecule has 0 spiro atoms. The lowest BCUT2D eigenvalue weighted by Crippen LogP contribution is -2.08. The third kappa shape index (κ3) is 2.34. The van der Waals surface area contributed by atoms with Gasteiger partial charge in [0.25, 0.3) is 0 Å². The summed E-state index contributed by atoms with van der Waals surface area (Å²) < 4.78 is 11.7. The average molecular weight is 291 g/mol. The second-order valence-electron chi connectivity index (χ2n) is 4.52. The molecule has 2 aromatic heterocycles. The minimum Gasteiger partial charge on any atom is -0.433 e. The van der Waals surface area contributed by atoms with E-state index in [1.165, 1.54) is 0 Å². The predicted molar refractivity (Wildman–Crippen MR) is 72.7 cm³/mol. The number of fused-ring (bicyclic) bond motifs is 1. The number of nitrogens with zero attached hydrogens (tertiary/aromatic N) is 5. The quantitative estimate of drug-likeness (QED) is 0.582. The Morgan fingerprint density at radius 1 is 1.40 bits per heavy atom. The van der Waals surface area contributed by atoms with Crippen LogP contribution in [-0.2, 0) is 10.7 Å². The van der Waals surface area contributed by atoms with Crippen LogP contribution in [0.25, 0.3) is 22.7 Å². The zero-order valence-electron chi connectivity index (χ0n) is 10.6. The van der Waals surface area contributed by atoms with Crippen molar-refractivity contribution in [2.45, 2.75) is 13.1 Å². The van der Waals surface area contributed by atoms with E-state index < -0.39 is 7.44 Å². The number of tetrazole rings is 1. The molecule has 0 saturated carbocycles. The molecule has 0 aliphatic carbocycles. The van der Waals surface area contributed by atoms with Gasteiger partial charge >= 0.3 is 0 Å². The number of benzene rings is 1. The summed E-state index contributed by atoms with van der Waals surface area (Å²) in [4.78, 5) is 8.69. The molecule has 0 aliphatic rings. The van der Waals surface area contributed by atoms with Gasteiger partial charge < -0.3 is 9.97 Å². The van der Waals surface area contributed by atoms with E-state index in [0.717, 1.165) is 11.1 Å². The Bertz CT molecular complexity index is 802. The molecule has 9 nitrogen and oxygen atoms in total. The molecule has 0 aliphatic heterocycles. The SMILES string of the molecule is Cc1ccc2nc(-c3nn[nH]n3)[n-]c2c1CP(N)(N)=O. The Hall–Kier alpha value is -2.09. The number of hydrogen-bond acceptors (Lipinski definition) is 5. The standard InChI is InChI=1S/C10H12N8OP/c1-5-2-3-7-8(6(5)4-20(11,12)19)14-9(13-7)10-15-17-18-16-10/h2-3H,4H2,1H3,(H5-,11,12,13,14,15,16,17,18,19)/q-1. The van der Waals surface area contributed by atoms with Crippen LogP contribution in [0.5, 0.6) is 0 Å². The highest BCUT2D eigenvalue weighted by atomic mass is 31.2. The normalized spacial score (nSPS) is 12.2. The smallest absolute Gasteiger partial charge is 0.210 e. The summed E-state index contributed by atoms with van der Waals surface area (Å²) in [5.41, 5.74) is 13.9. The van der Waals surface area contributed by atoms with E-state index in [1.54, 1.807) is 0 Å². The Balaban J connectivity index is 2.19. The second kappa shape index (κ2) is 4.48. The van der Waals surface area contributed by atoms with Crippen LogP contribution >= 0.6 is 7.44 Å². The number of rotatable bonds is 3. The Morgan fingerprint density at radius 2 is 2.20 bits per heavy atom. The maximum absolute atomic E-state index is 11.7. The molecule has 0 radical (unpaired) electrons. The first-order valence-corrected chi connectivity index (χ1v) is 7.80. The monoisotopic (exact) mass is 291 g/mol. The van der Waals surface area contributed by atoms with Gasteiger partial charge in [-0.05, 0) is 40.1 Å². The number of nitrogens with two attached hydrogens (primary N) is 2. The van der Waals surface area contributed by atoms with Gasteiger partial charge in [0, 0.05) is 0 Å². The van der Waals surface area contributed by atoms with Gasteiger partial charge in [-0.1, -0.05) is 12.1 Å². The first-order valence-electron chi connectivity index (χ1n) is 5.77. The summed E-state index contributed by atoms with van der Waals surface area (Å²) in [5.74, 6) is 0.651. The molecule has 10 heteroatoms. The predicted octanol–water partition coefficient (Wildman–Crippen LogP) is 0.291. The average Bonchev–Trinajstić information content (AvgIpc) is 2.99. The highest BCUT2D eigenvalue weighted by Crippen LogP contribution is 2.35. The van der Waals surface area contributed by atoms with Gasteiger partial charge in [-0.15, -0.1) is 10.2 Å². The van der Waals surface area contributed by atoms with Crippen molar-refractivity contribution in [1.82, 2.24) is 30.6 Å². The fraction of sp³-hybridized carbons (Fsp3) is 0.200. The highest BCUT2D eigenvalue weighted by molar-refractivity contribution is 7.58. The molecule has 0 bridgehead atoms. The Morgan fingerprint density at radius 3 is 2.85 bits per heavy atom. The maximum Gasteiger partial charge on any atom is 0.210 e. The van der Waals surface area contributed by atoms with Gasteiger partial charge in [-0.2, -0.15) is 5.21 Å². The number of aromatic nitrogens is 6. The molecule has 0 amide bonds. The highest BCUT2D eigenvalue weighted by Gasteiger charge is 2.14. The van der Waals surface area contributed by atoms with Crippen LogP contribution < -0.4 is 16.0 Å². The molecular weight excluding hydrogens is 279 g/mol. The van der Waals surface area contributed by atoms with E-state index in [9.17, 15) is 4.57 Å². The van der Waals surface area contributed by atoms with Crippen molar-refractivity contribution in [3.05, 3.63) is 23.3 Å². The molecular formula is C10H12N8OP-. The zero-order chi connectivity index (χ0) is 14.3. The summed E-state index contributed by atoms with van der Waals surface area (Å²) in [6, 6.07) is 3.69. The first-order chi connectivity index (χ1) is 9.44. The molecule has 2 heterocycles. The van der Waals surface area contributed by atoms with Crippen LogP contribution in [-0.4, -0.2) is 25.6 Å². The fourth-order valence-electron chi connectivity index (χ4n) is 1.99. The van der Waals surface area contributed by atoms with Crippen molar-refractivity contribution in [2.24, 2.45) is 11.0 Å². The second-order valence-corrected chi connectivity index (χ2v) is 6.55. The van der Waals surface area contributed by atoms with Crippen LogP contribution in [0.4, 0.5) is 0 Å². The third-order valence-electron chi connectivity index (χ3n) is 2.89. The molecule has 0 fully saturated rings. The van der Waals surface area contributed by atoms with Gasteiger partial charge in [-0.25, -0.2) is 0 Å². The Labute approximate surface area is 113 Å². The molecule has 0 unspecified atom stereocenters. The van der Waals surface area contributed by atoms with Gasteiger partial charge in [0.05, 0.1) is 6.16 Å². The van der Waals surface area contributed by atoms with Crippen LogP contribution in [0.2, 0.25) is 0 Å². The lowest BCUT2D eigenvalue weighted by Gasteiger charge is -2.12. The maximum atomic E-state index is 11.7. The number of aromatic amines is 1. The minimum atomic E-state index is -3.19. The van der Waals surface area contributed by atoms with E-state index in [1.807, 2.05) is 19.1 Å². The van der Waals surface area contributed by atoms with Crippen LogP contribution in [0.15, 0.2) is 12.1 Å². The van der Waals surface area contributed by atoms with E-state index in [4.69, 9.17) is 11.0 Å². The van der Waals surface area contributed by atoms with Gasteiger partial charge in [0.15, 0.2) is 5.82 Å². The first kappa shape index (κ1) is 12.9. The van der Waals surface area contributed by atoms with Crippen molar-refractivity contribution >= 4 is 18.5 Å². The van der Waals surface area contributed by atoms with Crippen molar-refractivity contribution < 1.29 is 4.57 Å². The molecule has 0 saturated heterocycles. The minimum absolute atomic E-state index is 0.0700. The largest absolute Gasteiger partial charge is 0.433 e. The molecule has 20 heavy (non-hydrogen) atoms. The van der Waals surface area contributed by atoms with Crippen LogP contribution in [0.3, 0.4) is 0 Å². The summed E-state index contributed by atoms with van der Waals surface area (Å²) >= 11 is 0. The van der Waals surface area contributed by atoms with E-state index in [0.29, 0.717) is 22.7 Å². The van der Waals surface area contributed by atoms with Crippen molar-refractivity contribution in [3.63, 3.8) is 0 Å². The number of imidazole rings is 1. The van der Waals surface area contributed by atoms with Crippen molar-refractivity contribution in [3.8, 4) is 11.6 Å². The van der Waals surface area contributed by atoms with Gasteiger partial charge in [0.1, 0.15) is 0 Å². The molecule has 5 N–H and O–H groups in total. The fourth-order valence-corrected chi connectivity index (χ4v) is 2.88. The van der Waals surface area contributed by atoms with Crippen molar-refractivity contribution in [1.29, 1.82) is 0 Å². The molecule has 3 rings (SSSR count). The van der Waals surface area contributed by atoms with Crippen molar-refractivity contribution in [2.75, 3.05) is 0 Å². The number of aryl methyl sites for hydroxylation is 1. The van der Waals surface area contributed by atoms with Gasteiger partial charge in [-0.3, -0.25) is 15.6 Å². The molecule has 0 atom stereocenters. The van der Waals surface area contributed by atoms with E-state index in [2.05, 4.69) is 30.6 Å². The third-order valence-corrected chi connectivity index (χ3v) is 3.70. The molecule has 104 valence electrons.